The monoisotopic (exact) mass is 503 g/mol. The van der Waals surface area contributed by atoms with Gasteiger partial charge in [0.15, 0.2) is 0 Å². The van der Waals surface area contributed by atoms with Gasteiger partial charge in [0.25, 0.3) is 6.10 Å². The molecule has 1 atom stereocenters. The second-order valence-corrected chi connectivity index (χ2v) is 8.41. The number of ether oxygens (including phenoxy) is 2. The Morgan fingerprint density at radius 1 is 1.12 bits per heavy atom. The van der Waals surface area contributed by atoms with Crippen LogP contribution in [0.1, 0.15) is 12.5 Å². The van der Waals surface area contributed by atoms with Gasteiger partial charge in [0.2, 0.25) is 0 Å². The topological polar surface area (TPSA) is 45.2 Å². The molecule has 2 heterocycles. The number of benzene rings is 1. The van der Waals surface area contributed by atoms with Gasteiger partial charge in [-0.25, -0.2) is 4.79 Å². The first-order chi connectivity index (χ1) is 15.4. The SMILES string of the molecule is C[C@H]1CN(Cc2ccc(N3CCOCC3)cc2Cl)CCN1C(=O)OC(C(F)(F)F)C(F)(F)F. The fourth-order valence-corrected chi connectivity index (χ4v) is 4.09. The molecule has 0 bridgehead atoms. The van der Waals surface area contributed by atoms with Crippen LogP contribution in [0.5, 0.6) is 0 Å². The maximum absolute atomic E-state index is 12.7. The van der Waals surface area contributed by atoms with Gasteiger partial charge in [-0.2, -0.15) is 26.3 Å². The van der Waals surface area contributed by atoms with Crippen molar-refractivity contribution in [2.75, 3.05) is 50.8 Å². The van der Waals surface area contributed by atoms with Gasteiger partial charge < -0.3 is 19.3 Å². The Kier molecular flexibility index (Phi) is 7.90. The Morgan fingerprint density at radius 2 is 1.76 bits per heavy atom. The summed E-state index contributed by atoms with van der Waals surface area (Å²) in [6.45, 7) is 5.14. The van der Waals surface area contributed by atoms with Crippen LogP contribution in [0.2, 0.25) is 5.02 Å². The summed E-state index contributed by atoms with van der Waals surface area (Å²) in [5.74, 6) is 0. The largest absolute Gasteiger partial charge is 0.434 e. The summed E-state index contributed by atoms with van der Waals surface area (Å²) in [6.07, 6.45) is -17.3. The van der Waals surface area contributed by atoms with E-state index in [9.17, 15) is 31.1 Å². The maximum atomic E-state index is 12.7. The third kappa shape index (κ3) is 6.57. The highest BCUT2D eigenvalue weighted by Gasteiger charge is 2.60. The number of alkyl halides is 6. The summed E-state index contributed by atoms with van der Waals surface area (Å²) < 4.78 is 85.3. The van der Waals surface area contributed by atoms with Crippen LogP contribution in [0, 0.1) is 0 Å². The van der Waals surface area contributed by atoms with E-state index in [2.05, 4.69) is 9.64 Å². The molecular weight excluding hydrogens is 480 g/mol. The van der Waals surface area contributed by atoms with E-state index < -0.39 is 30.6 Å². The fraction of sp³-hybridized carbons (Fsp3) is 0.650. The lowest BCUT2D eigenvalue weighted by Gasteiger charge is -2.40. The van der Waals surface area contributed by atoms with Crippen molar-refractivity contribution in [2.24, 2.45) is 0 Å². The van der Waals surface area contributed by atoms with Crippen LogP contribution >= 0.6 is 11.6 Å². The Morgan fingerprint density at radius 3 is 2.30 bits per heavy atom. The van der Waals surface area contributed by atoms with Crippen molar-refractivity contribution in [2.45, 2.75) is 38.0 Å². The minimum Gasteiger partial charge on any atom is -0.426 e. The fourth-order valence-electron chi connectivity index (χ4n) is 3.86. The number of amides is 1. The molecule has 2 saturated heterocycles. The normalized spacial score (nSPS) is 20.9. The molecule has 6 nitrogen and oxygen atoms in total. The van der Waals surface area contributed by atoms with E-state index in [1.165, 1.54) is 6.92 Å². The molecule has 0 aromatic heterocycles. The van der Waals surface area contributed by atoms with Crippen LogP contribution in [0.25, 0.3) is 0 Å². The van der Waals surface area contributed by atoms with Crippen LogP contribution in [0.4, 0.5) is 36.8 Å². The molecule has 2 aliphatic heterocycles. The second kappa shape index (κ2) is 10.1. The van der Waals surface area contributed by atoms with Crippen molar-refractivity contribution >= 4 is 23.4 Å². The van der Waals surface area contributed by atoms with E-state index in [4.69, 9.17) is 16.3 Å². The minimum absolute atomic E-state index is 0.0775. The molecule has 13 heteroatoms. The Bertz CT molecular complexity index is 818. The van der Waals surface area contributed by atoms with Crippen molar-refractivity contribution in [1.29, 1.82) is 0 Å². The average molecular weight is 504 g/mol. The number of morpholine rings is 1. The number of hydrogen-bond donors (Lipinski definition) is 0. The number of rotatable bonds is 4. The highest BCUT2D eigenvalue weighted by Crippen LogP contribution is 2.36. The standard InChI is InChI=1S/C20H24ClF6N3O3/c1-13-11-28(4-5-30(13)18(31)33-17(19(22,23)24)20(25,26)27)12-14-2-3-15(10-16(14)21)29-6-8-32-9-7-29/h2-3,10,13,17H,4-9,11-12H2,1H3/t13-/m0/s1. The Labute approximate surface area is 191 Å². The predicted molar refractivity (Wildman–Crippen MR) is 108 cm³/mol. The van der Waals surface area contributed by atoms with E-state index in [1.54, 1.807) is 0 Å². The van der Waals surface area contributed by atoms with Gasteiger partial charge >= 0.3 is 18.4 Å². The molecule has 1 aromatic carbocycles. The molecule has 0 unspecified atom stereocenters. The molecule has 1 amide bonds. The van der Waals surface area contributed by atoms with Crippen molar-refractivity contribution in [3.63, 3.8) is 0 Å². The zero-order valence-electron chi connectivity index (χ0n) is 17.8. The summed E-state index contributed by atoms with van der Waals surface area (Å²) in [6, 6.07) is 5.03. The maximum Gasteiger partial charge on any atom is 0.434 e. The molecule has 2 aliphatic rings. The van der Waals surface area contributed by atoms with Crippen molar-refractivity contribution < 1.29 is 40.6 Å². The van der Waals surface area contributed by atoms with Gasteiger partial charge in [-0.15, -0.1) is 0 Å². The van der Waals surface area contributed by atoms with E-state index >= 15 is 0 Å². The number of carbonyl (C=O) groups is 1. The molecule has 33 heavy (non-hydrogen) atoms. The Hall–Kier alpha value is -1.92. The van der Waals surface area contributed by atoms with Gasteiger partial charge in [0.1, 0.15) is 0 Å². The molecule has 0 spiro atoms. The van der Waals surface area contributed by atoms with E-state index in [-0.39, 0.29) is 19.6 Å². The molecule has 186 valence electrons. The van der Waals surface area contributed by atoms with Gasteiger partial charge in [0, 0.05) is 56.0 Å². The predicted octanol–water partition coefficient (Wildman–Crippen LogP) is 4.31. The van der Waals surface area contributed by atoms with E-state index in [0.717, 1.165) is 29.2 Å². The molecule has 2 fully saturated rings. The van der Waals surface area contributed by atoms with E-state index in [1.807, 2.05) is 23.1 Å². The van der Waals surface area contributed by atoms with Gasteiger partial charge in [-0.3, -0.25) is 4.90 Å². The van der Waals surface area contributed by atoms with Crippen molar-refractivity contribution in [3.05, 3.63) is 28.8 Å². The molecule has 0 saturated carbocycles. The van der Waals surface area contributed by atoms with Crippen molar-refractivity contribution in [3.8, 4) is 0 Å². The van der Waals surface area contributed by atoms with Crippen LogP contribution in [-0.4, -0.2) is 86.3 Å². The smallest absolute Gasteiger partial charge is 0.426 e. The highest BCUT2D eigenvalue weighted by molar-refractivity contribution is 6.31. The summed E-state index contributed by atoms with van der Waals surface area (Å²) >= 11 is 6.44. The zero-order chi connectivity index (χ0) is 24.4. The number of nitrogens with zero attached hydrogens (tertiary/aromatic N) is 3. The summed E-state index contributed by atoms with van der Waals surface area (Å²) in [5, 5.41) is 0.548. The van der Waals surface area contributed by atoms with Crippen LogP contribution < -0.4 is 4.90 Å². The minimum atomic E-state index is -5.75. The second-order valence-electron chi connectivity index (χ2n) is 8.00. The molecule has 0 N–H and O–H groups in total. The summed E-state index contributed by atoms with van der Waals surface area (Å²) in [7, 11) is 0. The zero-order valence-corrected chi connectivity index (χ0v) is 18.5. The lowest BCUT2D eigenvalue weighted by Crippen LogP contribution is -2.56. The van der Waals surface area contributed by atoms with Crippen molar-refractivity contribution in [1.82, 2.24) is 9.80 Å². The third-order valence-electron chi connectivity index (χ3n) is 5.57. The van der Waals surface area contributed by atoms with Crippen LogP contribution in [0.3, 0.4) is 0 Å². The summed E-state index contributed by atoms with van der Waals surface area (Å²) in [4.78, 5) is 17.0. The molecule has 1 aromatic rings. The van der Waals surface area contributed by atoms with Crippen LogP contribution in [0.15, 0.2) is 18.2 Å². The number of anilines is 1. The summed E-state index contributed by atoms with van der Waals surface area (Å²) in [5.41, 5.74) is 1.79. The first kappa shape index (κ1) is 25.7. The first-order valence-corrected chi connectivity index (χ1v) is 10.7. The number of carbonyl (C=O) groups excluding carboxylic acids is 1. The highest BCUT2D eigenvalue weighted by atomic mass is 35.5. The molecule has 0 radical (unpaired) electrons. The molecular formula is C20H24ClF6N3O3. The van der Waals surface area contributed by atoms with Gasteiger partial charge in [-0.05, 0) is 24.6 Å². The lowest BCUT2D eigenvalue weighted by atomic mass is 10.1. The quantitative estimate of drug-likeness (QED) is 0.573. The van der Waals surface area contributed by atoms with E-state index in [0.29, 0.717) is 24.8 Å². The molecule has 3 rings (SSSR count). The van der Waals surface area contributed by atoms with Gasteiger partial charge in [-0.1, -0.05) is 17.7 Å². The number of hydrogen-bond acceptors (Lipinski definition) is 5. The van der Waals surface area contributed by atoms with Gasteiger partial charge in [0.05, 0.1) is 13.2 Å². The first-order valence-electron chi connectivity index (χ1n) is 10.3. The molecule has 0 aliphatic carbocycles. The third-order valence-corrected chi connectivity index (χ3v) is 5.92. The van der Waals surface area contributed by atoms with Crippen LogP contribution in [-0.2, 0) is 16.0 Å². The number of piperazine rings is 1. The number of halogens is 7. The lowest BCUT2D eigenvalue weighted by molar-refractivity contribution is -0.308. The average Bonchev–Trinajstić information content (AvgIpc) is 2.72. The Balaban J connectivity index is 1.58.